The zero-order valence-corrected chi connectivity index (χ0v) is 12.1. The van der Waals surface area contributed by atoms with Gasteiger partial charge in [-0.3, -0.25) is 0 Å². The Kier molecular flexibility index (Phi) is 4.52. The molecule has 0 N–H and O–H groups in total. The highest BCUT2D eigenvalue weighted by molar-refractivity contribution is 7.92. The molecule has 7 heteroatoms. The largest absolute Gasteiger partial charge is 0.298 e. The average Bonchev–Trinajstić information content (AvgIpc) is 2.25. The van der Waals surface area contributed by atoms with Crippen molar-refractivity contribution in [3.8, 4) is 0 Å². The van der Waals surface area contributed by atoms with Gasteiger partial charge >= 0.3 is 0 Å². The van der Waals surface area contributed by atoms with E-state index < -0.39 is 25.4 Å². The summed E-state index contributed by atoms with van der Waals surface area (Å²) in [5.41, 5.74) is -0.437. The van der Waals surface area contributed by atoms with E-state index in [0.717, 1.165) is 11.8 Å². The summed E-state index contributed by atoms with van der Waals surface area (Å²) in [6, 6.07) is 6.02. The predicted molar refractivity (Wildman–Crippen MR) is 68.4 cm³/mol. The second kappa shape index (κ2) is 5.38. The van der Waals surface area contributed by atoms with Crippen molar-refractivity contribution in [3.05, 3.63) is 29.8 Å². The number of benzene rings is 1. The van der Waals surface area contributed by atoms with Crippen LogP contribution in [-0.2, 0) is 24.1 Å². The van der Waals surface area contributed by atoms with Gasteiger partial charge in [0, 0.05) is 6.26 Å². The van der Waals surface area contributed by atoms with Crippen molar-refractivity contribution in [2.75, 3.05) is 6.26 Å². The van der Waals surface area contributed by atoms with Crippen LogP contribution in [0.5, 0.6) is 0 Å². The van der Waals surface area contributed by atoms with E-state index in [9.17, 15) is 16.8 Å². The van der Waals surface area contributed by atoms with Crippen LogP contribution in [0.25, 0.3) is 0 Å². The summed E-state index contributed by atoms with van der Waals surface area (Å²) in [4.78, 5) is -0.0461. The van der Waals surface area contributed by atoms with E-state index in [-0.39, 0.29) is 11.3 Å². The van der Waals surface area contributed by atoms with Gasteiger partial charge in [-0.25, -0.2) is 12.6 Å². The number of hydrogen-bond acceptors (Lipinski definition) is 5. The fraction of sp³-hybridized carbons (Fsp3) is 0.455. The third-order valence-corrected chi connectivity index (χ3v) is 5.20. The van der Waals surface area contributed by atoms with E-state index in [4.69, 9.17) is 4.18 Å². The van der Waals surface area contributed by atoms with E-state index in [1.807, 2.05) is 6.92 Å². The summed E-state index contributed by atoms with van der Waals surface area (Å²) < 4.78 is 51.2. The van der Waals surface area contributed by atoms with Crippen LogP contribution < -0.4 is 0 Å². The molecule has 0 saturated carbocycles. The maximum absolute atomic E-state index is 11.9. The lowest BCUT2D eigenvalue weighted by Crippen LogP contribution is -2.26. The van der Waals surface area contributed by atoms with Crippen molar-refractivity contribution < 1.29 is 21.0 Å². The highest BCUT2D eigenvalue weighted by Gasteiger charge is 2.27. The molecular formula is C11H16O5S2. The third-order valence-electron chi connectivity index (χ3n) is 2.35. The molecule has 1 aromatic rings. The van der Waals surface area contributed by atoms with E-state index >= 15 is 0 Å². The van der Waals surface area contributed by atoms with Crippen LogP contribution in [-0.4, -0.2) is 28.5 Å². The molecule has 1 atom stereocenters. The summed E-state index contributed by atoms with van der Waals surface area (Å²) in [6.45, 7) is 3.37. The van der Waals surface area contributed by atoms with E-state index in [1.165, 1.54) is 12.1 Å². The SMILES string of the molecule is CCC(OS(=O)(=O)c1ccc(C)cc1)S(C)(=O)=O. The van der Waals surface area contributed by atoms with Crippen molar-refractivity contribution in [1.29, 1.82) is 0 Å². The van der Waals surface area contributed by atoms with Crippen molar-refractivity contribution in [3.63, 3.8) is 0 Å². The van der Waals surface area contributed by atoms with Gasteiger partial charge in [-0.2, -0.15) is 8.42 Å². The number of sulfone groups is 1. The van der Waals surface area contributed by atoms with Crippen molar-refractivity contribution in [1.82, 2.24) is 0 Å². The summed E-state index contributed by atoms with van der Waals surface area (Å²) >= 11 is 0. The molecule has 0 amide bonds. The molecule has 1 rings (SSSR count). The van der Waals surface area contributed by atoms with Gasteiger partial charge in [0.15, 0.2) is 15.3 Å². The molecule has 102 valence electrons. The molecule has 0 saturated heterocycles. The fourth-order valence-corrected chi connectivity index (χ4v) is 3.83. The van der Waals surface area contributed by atoms with E-state index in [0.29, 0.717) is 0 Å². The number of hydrogen-bond donors (Lipinski definition) is 0. The number of aryl methyl sites for hydroxylation is 1. The molecule has 0 fully saturated rings. The van der Waals surface area contributed by atoms with Crippen LogP contribution in [0.4, 0.5) is 0 Å². The van der Waals surface area contributed by atoms with Crippen LogP contribution in [0.15, 0.2) is 29.2 Å². The summed E-state index contributed by atoms with van der Waals surface area (Å²) in [5, 5.41) is 0. The zero-order valence-electron chi connectivity index (χ0n) is 10.5. The molecule has 0 radical (unpaired) electrons. The lowest BCUT2D eigenvalue weighted by atomic mass is 10.2. The minimum atomic E-state index is -4.05. The zero-order chi connectivity index (χ0) is 14.0. The Hall–Kier alpha value is -0.920. The standard InChI is InChI=1S/C11H16O5S2/c1-4-11(17(3,12)13)16-18(14,15)10-7-5-9(2)6-8-10/h5-8,11H,4H2,1-3H3. The van der Waals surface area contributed by atoms with Crippen LogP contribution in [0.3, 0.4) is 0 Å². The second-order valence-electron chi connectivity index (χ2n) is 4.03. The quantitative estimate of drug-likeness (QED) is 0.768. The molecule has 18 heavy (non-hydrogen) atoms. The maximum Gasteiger partial charge on any atom is 0.298 e. The van der Waals surface area contributed by atoms with Crippen LogP contribution in [0, 0.1) is 6.92 Å². The molecular weight excluding hydrogens is 276 g/mol. The third kappa shape index (κ3) is 3.79. The second-order valence-corrected chi connectivity index (χ2v) is 7.79. The Labute approximate surface area is 108 Å². The maximum atomic E-state index is 11.9. The van der Waals surface area contributed by atoms with Gasteiger partial charge in [-0.15, -0.1) is 0 Å². The van der Waals surface area contributed by atoms with Crippen molar-refractivity contribution >= 4 is 20.0 Å². The van der Waals surface area contributed by atoms with Gasteiger partial charge in [0.25, 0.3) is 10.1 Å². The molecule has 1 aromatic carbocycles. The Morgan fingerprint density at radius 2 is 1.61 bits per heavy atom. The normalized spacial score (nSPS) is 14.4. The number of rotatable bonds is 5. The molecule has 0 aliphatic rings. The molecule has 5 nitrogen and oxygen atoms in total. The van der Waals surface area contributed by atoms with Crippen molar-refractivity contribution in [2.24, 2.45) is 0 Å². The first kappa shape index (κ1) is 15.1. The monoisotopic (exact) mass is 292 g/mol. The summed E-state index contributed by atoms with van der Waals surface area (Å²) in [5.74, 6) is 0. The Balaban J connectivity index is 3.05. The van der Waals surface area contributed by atoms with Gasteiger partial charge in [0.2, 0.25) is 0 Å². The minimum absolute atomic E-state index is 0.0461. The first-order chi connectivity index (χ1) is 8.16. The van der Waals surface area contributed by atoms with Gasteiger partial charge in [0.05, 0.1) is 4.90 Å². The highest BCUT2D eigenvalue weighted by Crippen LogP contribution is 2.18. The van der Waals surface area contributed by atoms with Crippen molar-refractivity contribution in [2.45, 2.75) is 30.6 Å². The van der Waals surface area contributed by atoms with E-state index in [2.05, 4.69) is 0 Å². The fourth-order valence-electron chi connectivity index (χ4n) is 1.34. The Bertz CT molecular complexity index is 599. The Morgan fingerprint density at radius 3 is 2.00 bits per heavy atom. The molecule has 0 bridgehead atoms. The van der Waals surface area contributed by atoms with Crippen LogP contribution in [0.1, 0.15) is 18.9 Å². The first-order valence-corrected chi connectivity index (χ1v) is 8.72. The van der Waals surface area contributed by atoms with Gasteiger partial charge in [-0.05, 0) is 25.5 Å². The van der Waals surface area contributed by atoms with Gasteiger partial charge < -0.3 is 0 Å². The topological polar surface area (TPSA) is 77.5 Å². The first-order valence-electron chi connectivity index (χ1n) is 5.35. The van der Waals surface area contributed by atoms with Gasteiger partial charge in [-0.1, -0.05) is 24.6 Å². The molecule has 0 heterocycles. The molecule has 0 spiro atoms. The van der Waals surface area contributed by atoms with E-state index in [1.54, 1.807) is 19.1 Å². The molecule has 0 aliphatic heterocycles. The molecule has 0 aromatic heterocycles. The average molecular weight is 292 g/mol. The van der Waals surface area contributed by atoms with Gasteiger partial charge in [0.1, 0.15) is 0 Å². The molecule has 1 unspecified atom stereocenters. The highest BCUT2D eigenvalue weighted by atomic mass is 32.2. The summed E-state index contributed by atoms with van der Waals surface area (Å²) in [6.07, 6.45) is 1.02. The smallest absolute Gasteiger partial charge is 0.247 e. The minimum Gasteiger partial charge on any atom is -0.247 e. The van der Waals surface area contributed by atoms with Crippen LogP contribution in [0.2, 0.25) is 0 Å². The molecule has 0 aliphatic carbocycles. The lowest BCUT2D eigenvalue weighted by molar-refractivity contribution is 0.274. The lowest BCUT2D eigenvalue weighted by Gasteiger charge is -2.13. The predicted octanol–water partition coefficient (Wildman–Crippen LogP) is 1.48. The Morgan fingerprint density at radius 1 is 1.11 bits per heavy atom. The van der Waals surface area contributed by atoms with Crippen LogP contribution >= 0.6 is 0 Å². The summed E-state index contributed by atoms with van der Waals surface area (Å²) in [7, 11) is -7.62.